The lowest BCUT2D eigenvalue weighted by Crippen LogP contribution is -2.28. The standard InChI is InChI=1S/C11H14O2/c1-2-12-10-7-9-5-3-4-6-11(9)13-8-10/h3-6,10H,2,7-8H2,1H3. The van der Waals surface area contributed by atoms with Gasteiger partial charge in [-0.15, -0.1) is 0 Å². The molecule has 0 saturated carbocycles. The minimum absolute atomic E-state index is 0.236. The van der Waals surface area contributed by atoms with Crippen molar-refractivity contribution in [1.29, 1.82) is 0 Å². The molecule has 1 aliphatic heterocycles. The van der Waals surface area contributed by atoms with E-state index in [0.29, 0.717) is 6.61 Å². The van der Waals surface area contributed by atoms with E-state index in [4.69, 9.17) is 9.47 Å². The Morgan fingerprint density at radius 3 is 3.15 bits per heavy atom. The number of hydrogen-bond acceptors (Lipinski definition) is 2. The Morgan fingerprint density at radius 1 is 1.46 bits per heavy atom. The van der Waals surface area contributed by atoms with Gasteiger partial charge in [-0.25, -0.2) is 0 Å². The molecule has 2 nitrogen and oxygen atoms in total. The third kappa shape index (κ3) is 1.83. The van der Waals surface area contributed by atoms with Crippen LogP contribution < -0.4 is 4.74 Å². The van der Waals surface area contributed by atoms with Crippen molar-refractivity contribution in [3.63, 3.8) is 0 Å². The molecule has 0 N–H and O–H groups in total. The van der Waals surface area contributed by atoms with Gasteiger partial charge in [-0.05, 0) is 18.6 Å². The van der Waals surface area contributed by atoms with Crippen LogP contribution >= 0.6 is 0 Å². The number of ether oxygens (including phenoxy) is 2. The molecule has 1 heterocycles. The molecule has 0 amide bonds. The Kier molecular flexibility index (Phi) is 2.50. The lowest BCUT2D eigenvalue weighted by Gasteiger charge is -2.24. The second kappa shape index (κ2) is 3.79. The molecule has 1 atom stereocenters. The molecule has 1 aromatic rings. The van der Waals surface area contributed by atoms with Crippen molar-refractivity contribution in [2.24, 2.45) is 0 Å². The first-order chi connectivity index (χ1) is 6.40. The third-order valence-electron chi connectivity index (χ3n) is 2.25. The smallest absolute Gasteiger partial charge is 0.122 e. The third-order valence-corrected chi connectivity index (χ3v) is 2.25. The molecular weight excluding hydrogens is 164 g/mol. The molecule has 0 aromatic heterocycles. The monoisotopic (exact) mass is 178 g/mol. The molecule has 70 valence electrons. The summed E-state index contributed by atoms with van der Waals surface area (Å²) < 4.78 is 11.1. The number of benzene rings is 1. The van der Waals surface area contributed by atoms with Crippen molar-refractivity contribution in [3.05, 3.63) is 29.8 Å². The normalized spacial score (nSPS) is 20.5. The van der Waals surface area contributed by atoms with Gasteiger partial charge in [0.05, 0.1) is 6.10 Å². The van der Waals surface area contributed by atoms with Crippen LogP contribution in [0.4, 0.5) is 0 Å². The predicted octanol–water partition coefficient (Wildman–Crippen LogP) is 2.03. The fraction of sp³-hybridized carbons (Fsp3) is 0.455. The van der Waals surface area contributed by atoms with Crippen molar-refractivity contribution >= 4 is 0 Å². The van der Waals surface area contributed by atoms with Crippen LogP contribution in [-0.4, -0.2) is 19.3 Å². The summed E-state index contributed by atoms with van der Waals surface area (Å²) in [5.41, 5.74) is 1.26. The van der Waals surface area contributed by atoms with Crippen LogP contribution in [0.5, 0.6) is 5.75 Å². The van der Waals surface area contributed by atoms with Crippen molar-refractivity contribution in [2.45, 2.75) is 19.4 Å². The maximum Gasteiger partial charge on any atom is 0.122 e. The summed E-state index contributed by atoms with van der Waals surface area (Å²) in [5.74, 6) is 1.01. The molecule has 0 radical (unpaired) electrons. The lowest BCUT2D eigenvalue weighted by molar-refractivity contribution is 0.0183. The van der Waals surface area contributed by atoms with Gasteiger partial charge in [0.1, 0.15) is 12.4 Å². The fourth-order valence-corrected chi connectivity index (χ4v) is 1.64. The molecule has 0 spiro atoms. The summed E-state index contributed by atoms with van der Waals surface area (Å²) in [6.07, 6.45) is 1.21. The Bertz CT molecular complexity index is 283. The zero-order valence-corrected chi connectivity index (χ0v) is 7.82. The van der Waals surface area contributed by atoms with Crippen LogP contribution in [0.3, 0.4) is 0 Å². The number of rotatable bonds is 2. The largest absolute Gasteiger partial charge is 0.491 e. The molecular formula is C11H14O2. The van der Waals surface area contributed by atoms with Crippen LogP contribution in [0, 0.1) is 0 Å². The highest BCUT2D eigenvalue weighted by Crippen LogP contribution is 2.24. The average Bonchev–Trinajstić information content (AvgIpc) is 2.18. The van der Waals surface area contributed by atoms with E-state index in [0.717, 1.165) is 18.8 Å². The van der Waals surface area contributed by atoms with Crippen molar-refractivity contribution in [2.75, 3.05) is 13.2 Å². The number of para-hydroxylation sites is 1. The summed E-state index contributed by atoms with van der Waals surface area (Å²) in [6, 6.07) is 8.15. The van der Waals surface area contributed by atoms with Gasteiger partial charge in [-0.3, -0.25) is 0 Å². The minimum Gasteiger partial charge on any atom is -0.491 e. The Hall–Kier alpha value is -1.02. The van der Waals surface area contributed by atoms with Gasteiger partial charge in [-0.1, -0.05) is 18.2 Å². The SMILES string of the molecule is CCOC1COc2ccccc2C1. The highest BCUT2D eigenvalue weighted by atomic mass is 16.5. The number of hydrogen-bond donors (Lipinski definition) is 0. The molecule has 0 saturated heterocycles. The minimum atomic E-state index is 0.236. The van der Waals surface area contributed by atoms with Gasteiger partial charge in [0.15, 0.2) is 0 Å². The van der Waals surface area contributed by atoms with Crippen LogP contribution in [0.25, 0.3) is 0 Å². The van der Waals surface area contributed by atoms with Crippen molar-refractivity contribution < 1.29 is 9.47 Å². The highest BCUT2D eigenvalue weighted by molar-refractivity contribution is 5.35. The van der Waals surface area contributed by atoms with Gasteiger partial charge in [0, 0.05) is 13.0 Å². The first-order valence-corrected chi connectivity index (χ1v) is 4.72. The Balaban J connectivity index is 2.11. The fourth-order valence-electron chi connectivity index (χ4n) is 1.64. The first-order valence-electron chi connectivity index (χ1n) is 4.72. The molecule has 1 aliphatic rings. The molecule has 1 unspecified atom stereocenters. The second-order valence-electron chi connectivity index (χ2n) is 3.20. The summed E-state index contributed by atoms with van der Waals surface area (Å²) in [5, 5.41) is 0. The van der Waals surface area contributed by atoms with E-state index in [1.165, 1.54) is 5.56 Å². The number of fused-ring (bicyclic) bond motifs is 1. The molecule has 13 heavy (non-hydrogen) atoms. The van der Waals surface area contributed by atoms with E-state index in [1.807, 2.05) is 25.1 Å². The zero-order valence-electron chi connectivity index (χ0n) is 7.82. The summed E-state index contributed by atoms with van der Waals surface area (Å²) in [4.78, 5) is 0. The topological polar surface area (TPSA) is 18.5 Å². The van der Waals surface area contributed by atoms with E-state index in [9.17, 15) is 0 Å². The van der Waals surface area contributed by atoms with E-state index in [-0.39, 0.29) is 6.10 Å². The second-order valence-corrected chi connectivity index (χ2v) is 3.20. The van der Waals surface area contributed by atoms with Crippen LogP contribution in [0.1, 0.15) is 12.5 Å². The summed E-state index contributed by atoms with van der Waals surface area (Å²) in [6.45, 7) is 3.46. The highest BCUT2D eigenvalue weighted by Gasteiger charge is 2.18. The molecule has 0 aliphatic carbocycles. The van der Waals surface area contributed by atoms with E-state index < -0.39 is 0 Å². The van der Waals surface area contributed by atoms with Crippen LogP contribution in [0.15, 0.2) is 24.3 Å². The van der Waals surface area contributed by atoms with Crippen LogP contribution in [0.2, 0.25) is 0 Å². The Morgan fingerprint density at radius 2 is 2.31 bits per heavy atom. The molecule has 0 bridgehead atoms. The van der Waals surface area contributed by atoms with E-state index in [2.05, 4.69) is 6.07 Å². The quantitative estimate of drug-likeness (QED) is 0.689. The molecule has 1 aromatic carbocycles. The summed E-state index contributed by atoms with van der Waals surface area (Å²) >= 11 is 0. The van der Waals surface area contributed by atoms with Crippen LogP contribution in [-0.2, 0) is 11.2 Å². The average molecular weight is 178 g/mol. The predicted molar refractivity (Wildman–Crippen MR) is 51.1 cm³/mol. The van der Waals surface area contributed by atoms with Crippen molar-refractivity contribution in [3.8, 4) is 5.75 Å². The molecule has 2 rings (SSSR count). The maximum atomic E-state index is 5.56. The van der Waals surface area contributed by atoms with Crippen molar-refractivity contribution in [1.82, 2.24) is 0 Å². The van der Waals surface area contributed by atoms with Gasteiger partial charge in [0.25, 0.3) is 0 Å². The molecule has 2 heteroatoms. The van der Waals surface area contributed by atoms with E-state index >= 15 is 0 Å². The van der Waals surface area contributed by atoms with Gasteiger partial charge < -0.3 is 9.47 Å². The lowest BCUT2D eigenvalue weighted by atomic mass is 10.0. The first kappa shape index (κ1) is 8.57. The zero-order chi connectivity index (χ0) is 9.10. The van der Waals surface area contributed by atoms with E-state index in [1.54, 1.807) is 0 Å². The molecule has 0 fully saturated rings. The van der Waals surface area contributed by atoms with Gasteiger partial charge >= 0.3 is 0 Å². The maximum absolute atomic E-state index is 5.56. The van der Waals surface area contributed by atoms with Gasteiger partial charge in [0.2, 0.25) is 0 Å². The Labute approximate surface area is 78.5 Å². The van der Waals surface area contributed by atoms with Gasteiger partial charge in [-0.2, -0.15) is 0 Å². The summed E-state index contributed by atoms with van der Waals surface area (Å²) in [7, 11) is 0.